The lowest BCUT2D eigenvalue weighted by Gasteiger charge is -2.05. The molecule has 1 unspecified atom stereocenters. The molecule has 0 aliphatic carbocycles. The monoisotopic (exact) mass is 259 g/mol. The van der Waals surface area contributed by atoms with Gasteiger partial charge in [0.15, 0.2) is 0 Å². The molecule has 2 rings (SSSR count). The molecule has 1 aliphatic rings. The summed E-state index contributed by atoms with van der Waals surface area (Å²) in [6.45, 7) is 2.70. The minimum absolute atomic E-state index is 0.619. The van der Waals surface area contributed by atoms with Gasteiger partial charge in [-0.1, -0.05) is 21.1 Å². The fraction of sp³-hybridized carbons (Fsp3) is 0.778. The minimum Gasteiger partial charge on any atom is -0.381 e. The normalized spacial score (nSPS) is 21.6. The van der Waals surface area contributed by atoms with Crippen molar-refractivity contribution in [1.82, 2.24) is 15.0 Å². The van der Waals surface area contributed by atoms with Gasteiger partial charge >= 0.3 is 0 Å². The number of alkyl halides is 1. The van der Waals surface area contributed by atoms with Crippen molar-refractivity contribution in [3.63, 3.8) is 0 Å². The second-order valence-corrected chi connectivity index (χ2v) is 4.39. The third-order valence-corrected chi connectivity index (χ3v) is 2.80. The van der Waals surface area contributed by atoms with E-state index in [-0.39, 0.29) is 0 Å². The van der Waals surface area contributed by atoms with E-state index in [2.05, 4.69) is 26.2 Å². The SMILES string of the molecule is BrCCc1cn(CC2CCOC2)nn1. The van der Waals surface area contributed by atoms with Crippen molar-refractivity contribution < 1.29 is 4.74 Å². The van der Waals surface area contributed by atoms with Crippen LogP contribution in [0.3, 0.4) is 0 Å². The number of hydrogen-bond acceptors (Lipinski definition) is 3. The molecule has 0 aromatic carbocycles. The summed E-state index contributed by atoms with van der Waals surface area (Å²) in [5, 5.41) is 9.12. The van der Waals surface area contributed by atoms with Gasteiger partial charge in [0.25, 0.3) is 0 Å². The van der Waals surface area contributed by atoms with Gasteiger partial charge < -0.3 is 4.74 Å². The number of rotatable bonds is 4. The van der Waals surface area contributed by atoms with Crippen LogP contribution in [0.5, 0.6) is 0 Å². The molecule has 1 aromatic heterocycles. The molecule has 5 heteroatoms. The Hall–Kier alpha value is -0.420. The van der Waals surface area contributed by atoms with E-state index < -0.39 is 0 Å². The van der Waals surface area contributed by atoms with Crippen molar-refractivity contribution in [3.05, 3.63) is 11.9 Å². The van der Waals surface area contributed by atoms with E-state index in [1.807, 2.05) is 10.9 Å². The molecular weight excluding hydrogens is 246 g/mol. The lowest BCUT2D eigenvalue weighted by molar-refractivity contribution is 0.181. The van der Waals surface area contributed by atoms with Gasteiger partial charge in [-0.3, -0.25) is 4.68 Å². The van der Waals surface area contributed by atoms with Crippen LogP contribution in [0.15, 0.2) is 6.20 Å². The zero-order valence-electron chi connectivity index (χ0n) is 8.03. The molecular formula is C9H14BrN3O. The predicted octanol–water partition coefficient (Wildman–Crippen LogP) is 1.25. The Morgan fingerprint density at radius 3 is 3.29 bits per heavy atom. The van der Waals surface area contributed by atoms with Crippen molar-refractivity contribution >= 4 is 15.9 Å². The first-order valence-electron chi connectivity index (χ1n) is 4.91. The molecule has 14 heavy (non-hydrogen) atoms. The Morgan fingerprint density at radius 2 is 2.57 bits per heavy atom. The maximum absolute atomic E-state index is 5.31. The van der Waals surface area contributed by atoms with Gasteiger partial charge in [0.2, 0.25) is 0 Å². The molecule has 0 N–H and O–H groups in total. The molecule has 0 bridgehead atoms. The molecule has 2 heterocycles. The average Bonchev–Trinajstić information content (AvgIpc) is 2.79. The van der Waals surface area contributed by atoms with Gasteiger partial charge in [0.05, 0.1) is 12.3 Å². The van der Waals surface area contributed by atoms with Crippen LogP contribution >= 0.6 is 15.9 Å². The second-order valence-electron chi connectivity index (χ2n) is 3.60. The van der Waals surface area contributed by atoms with E-state index in [1.54, 1.807) is 0 Å². The van der Waals surface area contributed by atoms with Crippen molar-refractivity contribution in [2.24, 2.45) is 5.92 Å². The Morgan fingerprint density at radius 1 is 1.64 bits per heavy atom. The average molecular weight is 260 g/mol. The molecule has 1 saturated heterocycles. The maximum atomic E-state index is 5.31. The number of halogens is 1. The van der Waals surface area contributed by atoms with Crippen LogP contribution in [0.2, 0.25) is 0 Å². The van der Waals surface area contributed by atoms with Gasteiger partial charge in [-0.15, -0.1) is 5.10 Å². The zero-order valence-corrected chi connectivity index (χ0v) is 9.61. The first kappa shape index (κ1) is 10.1. The molecule has 1 aromatic rings. The summed E-state index contributed by atoms with van der Waals surface area (Å²) in [7, 11) is 0. The highest BCUT2D eigenvalue weighted by Gasteiger charge is 2.16. The first-order valence-corrected chi connectivity index (χ1v) is 6.03. The molecule has 1 atom stereocenters. The standard InChI is InChI=1S/C9H14BrN3O/c10-3-1-9-6-13(12-11-9)5-8-2-4-14-7-8/h6,8H,1-5,7H2. The van der Waals surface area contributed by atoms with E-state index in [9.17, 15) is 0 Å². The lowest BCUT2D eigenvalue weighted by atomic mass is 10.1. The molecule has 4 nitrogen and oxygen atoms in total. The van der Waals surface area contributed by atoms with E-state index in [0.29, 0.717) is 5.92 Å². The summed E-state index contributed by atoms with van der Waals surface area (Å²) in [4.78, 5) is 0. The highest BCUT2D eigenvalue weighted by Crippen LogP contribution is 2.14. The number of hydrogen-bond donors (Lipinski definition) is 0. The van der Waals surface area contributed by atoms with Gasteiger partial charge in [-0.25, -0.2) is 0 Å². The molecule has 1 aliphatic heterocycles. The molecule has 0 amide bonds. The maximum Gasteiger partial charge on any atom is 0.0835 e. The van der Waals surface area contributed by atoms with E-state index in [1.165, 1.54) is 0 Å². The Kier molecular flexibility index (Phi) is 3.53. The summed E-state index contributed by atoms with van der Waals surface area (Å²) in [5.74, 6) is 0.619. The quantitative estimate of drug-likeness (QED) is 0.765. The fourth-order valence-electron chi connectivity index (χ4n) is 1.63. The van der Waals surface area contributed by atoms with Crippen LogP contribution in [0.25, 0.3) is 0 Å². The fourth-order valence-corrected chi connectivity index (χ4v) is 2.04. The summed E-state index contributed by atoms with van der Waals surface area (Å²) in [6.07, 6.45) is 4.12. The first-order chi connectivity index (χ1) is 6.88. The van der Waals surface area contributed by atoms with E-state index in [0.717, 1.165) is 43.6 Å². The van der Waals surface area contributed by atoms with Gasteiger partial charge in [0, 0.05) is 37.0 Å². The minimum atomic E-state index is 0.619. The van der Waals surface area contributed by atoms with Crippen molar-refractivity contribution in [2.75, 3.05) is 18.5 Å². The van der Waals surface area contributed by atoms with Crippen molar-refractivity contribution in [3.8, 4) is 0 Å². The van der Waals surface area contributed by atoms with Crippen LogP contribution in [0.1, 0.15) is 12.1 Å². The summed E-state index contributed by atoms with van der Waals surface area (Å²) in [6, 6.07) is 0. The Balaban J connectivity index is 1.88. The van der Waals surface area contributed by atoms with Crippen LogP contribution in [-0.4, -0.2) is 33.5 Å². The second kappa shape index (κ2) is 4.89. The third-order valence-electron chi connectivity index (χ3n) is 2.41. The van der Waals surface area contributed by atoms with Gasteiger partial charge in [0.1, 0.15) is 0 Å². The van der Waals surface area contributed by atoms with Crippen LogP contribution in [0, 0.1) is 5.92 Å². The van der Waals surface area contributed by atoms with Gasteiger partial charge in [-0.05, 0) is 6.42 Å². The lowest BCUT2D eigenvalue weighted by Crippen LogP contribution is -2.11. The molecule has 0 spiro atoms. The number of aromatic nitrogens is 3. The highest BCUT2D eigenvalue weighted by molar-refractivity contribution is 9.09. The Labute approximate surface area is 91.8 Å². The summed E-state index contributed by atoms with van der Waals surface area (Å²) < 4.78 is 7.24. The zero-order chi connectivity index (χ0) is 9.80. The molecule has 1 fully saturated rings. The number of aryl methyl sites for hydroxylation is 1. The van der Waals surface area contributed by atoms with E-state index in [4.69, 9.17) is 4.74 Å². The molecule has 0 radical (unpaired) electrons. The largest absolute Gasteiger partial charge is 0.381 e. The van der Waals surface area contributed by atoms with Crippen molar-refractivity contribution in [1.29, 1.82) is 0 Å². The van der Waals surface area contributed by atoms with Crippen LogP contribution in [-0.2, 0) is 17.7 Å². The molecule has 78 valence electrons. The number of ether oxygens (including phenoxy) is 1. The topological polar surface area (TPSA) is 39.9 Å². The molecule has 0 saturated carbocycles. The van der Waals surface area contributed by atoms with Gasteiger partial charge in [-0.2, -0.15) is 0 Å². The van der Waals surface area contributed by atoms with Crippen molar-refractivity contribution in [2.45, 2.75) is 19.4 Å². The number of nitrogens with zero attached hydrogens (tertiary/aromatic N) is 3. The van der Waals surface area contributed by atoms with Crippen LogP contribution < -0.4 is 0 Å². The highest BCUT2D eigenvalue weighted by atomic mass is 79.9. The summed E-state index contributed by atoms with van der Waals surface area (Å²) >= 11 is 3.39. The third kappa shape index (κ3) is 2.54. The summed E-state index contributed by atoms with van der Waals surface area (Å²) in [5.41, 5.74) is 1.06. The smallest absolute Gasteiger partial charge is 0.0835 e. The van der Waals surface area contributed by atoms with Crippen LogP contribution in [0.4, 0.5) is 0 Å². The van der Waals surface area contributed by atoms with E-state index >= 15 is 0 Å². The predicted molar refractivity (Wildman–Crippen MR) is 56.4 cm³/mol. The Bertz CT molecular complexity index is 283.